The summed E-state index contributed by atoms with van der Waals surface area (Å²) in [6.45, 7) is 1.54. The van der Waals surface area contributed by atoms with Crippen molar-refractivity contribution in [3.05, 3.63) is 50.4 Å². The normalized spacial score (nSPS) is 11.6. The van der Waals surface area contributed by atoms with Crippen molar-refractivity contribution < 1.29 is 14.6 Å². The lowest BCUT2D eigenvalue weighted by Gasteiger charge is -2.17. The molecule has 26 heavy (non-hydrogen) atoms. The second-order valence-electron chi connectivity index (χ2n) is 5.07. The first-order chi connectivity index (χ1) is 12.2. The second kappa shape index (κ2) is 8.97. The maximum Gasteiger partial charge on any atom is 0.266 e. The fourth-order valence-corrected chi connectivity index (χ4v) is 2.99. The highest BCUT2D eigenvalue weighted by Crippen LogP contribution is 2.34. The Balaban J connectivity index is 1.96. The Kier molecular flexibility index (Phi) is 7.20. The predicted molar refractivity (Wildman–Crippen MR) is 109 cm³/mol. The van der Waals surface area contributed by atoms with Crippen molar-refractivity contribution in [2.45, 2.75) is 13.0 Å². The van der Waals surface area contributed by atoms with E-state index >= 15 is 0 Å². The first-order valence-corrected chi connectivity index (χ1v) is 9.01. The molecule has 0 bridgehead atoms. The molecule has 0 spiro atoms. The largest absolute Gasteiger partial charge is 0.505 e. The number of nitrogens with one attached hydrogen (secondary N) is 2. The van der Waals surface area contributed by atoms with Gasteiger partial charge in [0.2, 0.25) is 0 Å². The van der Waals surface area contributed by atoms with Crippen LogP contribution in [0.1, 0.15) is 6.92 Å². The van der Waals surface area contributed by atoms with Gasteiger partial charge in [0.25, 0.3) is 5.91 Å². The van der Waals surface area contributed by atoms with E-state index in [4.69, 9.17) is 63.4 Å². The second-order valence-corrected chi connectivity index (χ2v) is 7.13. The summed E-state index contributed by atoms with van der Waals surface area (Å²) in [5, 5.41) is 15.6. The van der Waals surface area contributed by atoms with E-state index in [0.717, 1.165) is 0 Å². The molecule has 0 heterocycles. The van der Waals surface area contributed by atoms with Crippen LogP contribution in [0.4, 0.5) is 5.69 Å². The molecule has 1 unspecified atom stereocenters. The van der Waals surface area contributed by atoms with E-state index in [1.807, 2.05) is 0 Å². The van der Waals surface area contributed by atoms with E-state index in [2.05, 4.69) is 10.6 Å². The molecular formula is C16H12Cl4N2O3S. The highest BCUT2D eigenvalue weighted by atomic mass is 35.5. The number of hydrogen-bond acceptors (Lipinski definition) is 4. The van der Waals surface area contributed by atoms with Gasteiger partial charge in [0.05, 0.1) is 15.1 Å². The van der Waals surface area contributed by atoms with Crippen LogP contribution >= 0.6 is 58.6 Å². The van der Waals surface area contributed by atoms with Gasteiger partial charge in [0.1, 0.15) is 5.75 Å². The molecule has 0 aliphatic heterocycles. The molecule has 138 valence electrons. The summed E-state index contributed by atoms with van der Waals surface area (Å²) in [5.41, 5.74) is 0.400. The number of rotatable bonds is 4. The zero-order chi connectivity index (χ0) is 19.4. The number of carbonyl (C=O) groups excluding carboxylic acids is 1. The van der Waals surface area contributed by atoms with Gasteiger partial charge in [0, 0.05) is 10.7 Å². The Labute approximate surface area is 175 Å². The topological polar surface area (TPSA) is 70.6 Å². The zero-order valence-electron chi connectivity index (χ0n) is 13.1. The molecule has 0 radical (unpaired) electrons. The van der Waals surface area contributed by atoms with E-state index in [1.165, 1.54) is 25.1 Å². The number of amides is 1. The van der Waals surface area contributed by atoms with Gasteiger partial charge in [-0.2, -0.15) is 0 Å². The lowest BCUT2D eigenvalue weighted by atomic mass is 10.3. The minimum Gasteiger partial charge on any atom is -0.505 e. The number of anilines is 1. The number of thiocarbonyl (C=S) groups is 1. The average molecular weight is 454 g/mol. The molecule has 2 aromatic rings. The van der Waals surface area contributed by atoms with E-state index < -0.39 is 12.0 Å². The minimum absolute atomic E-state index is 0.00507. The van der Waals surface area contributed by atoms with Crippen LogP contribution in [0, 0.1) is 0 Å². The van der Waals surface area contributed by atoms with Gasteiger partial charge in [-0.05, 0) is 49.5 Å². The summed E-state index contributed by atoms with van der Waals surface area (Å²) in [6.07, 6.45) is -0.875. The first-order valence-electron chi connectivity index (χ1n) is 7.09. The lowest BCUT2D eigenvalue weighted by Crippen LogP contribution is -2.42. The Bertz CT molecular complexity index is 840. The fraction of sp³-hybridized carbons (Fsp3) is 0.125. The molecule has 0 saturated heterocycles. The molecule has 0 aliphatic carbocycles. The molecule has 0 aromatic heterocycles. The van der Waals surface area contributed by atoms with Gasteiger partial charge in [-0.25, -0.2) is 0 Å². The number of ether oxygens (including phenoxy) is 1. The minimum atomic E-state index is -0.875. The molecule has 0 saturated carbocycles. The Morgan fingerprint density at radius 2 is 1.73 bits per heavy atom. The van der Waals surface area contributed by atoms with Crippen molar-refractivity contribution in [1.82, 2.24) is 5.32 Å². The number of phenolic OH excluding ortho intramolecular Hbond substituents is 1. The van der Waals surface area contributed by atoms with Crippen LogP contribution in [0.5, 0.6) is 11.5 Å². The Morgan fingerprint density at radius 3 is 2.31 bits per heavy atom. The Morgan fingerprint density at radius 1 is 1.12 bits per heavy atom. The monoisotopic (exact) mass is 452 g/mol. The molecule has 2 rings (SSSR count). The first kappa shape index (κ1) is 20.9. The van der Waals surface area contributed by atoms with Crippen LogP contribution in [0.2, 0.25) is 20.1 Å². The van der Waals surface area contributed by atoms with Crippen molar-refractivity contribution in [2.75, 3.05) is 5.32 Å². The number of benzene rings is 2. The SMILES string of the molecule is CC(Oc1ccc(Cl)cc1Cl)C(=O)NC(=S)Nc1cc(Cl)c(O)c(Cl)c1. The molecule has 0 aliphatic rings. The van der Waals surface area contributed by atoms with Crippen LogP contribution in [0.25, 0.3) is 0 Å². The van der Waals surface area contributed by atoms with Crippen molar-refractivity contribution in [1.29, 1.82) is 0 Å². The third kappa shape index (κ3) is 5.53. The highest BCUT2D eigenvalue weighted by Gasteiger charge is 2.18. The zero-order valence-corrected chi connectivity index (χ0v) is 17.0. The van der Waals surface area contributed by atoms with Crippen LogP contribution in [0.3, 0.4) is 0 Å². The summed E-state index contributed by atoms with van der Waals surface area (Å²) in [4.78, 5) is 12.2. The quantitative estimate of drug-likeness (QED) is 0.433. The summed E-state index contributed by atoms with van der Waals surface area (Å²) in [5.74, 6) is -0.421. The van der Waals surface area contributed by atoms with E-state index in [-0.39, 0.29) is 25.9 Å². The molecule has 2 aromatic carbocycles. The molecule has 5 nitrogen and oxygen atoms in total. The molecule has 1 atom stereocenters. The highest BCUT2D eigenvalue weighted by molar-refractivity contribution is 7.80. The van der Waals surface area contributed by atoms with Gasteiger partial charge < -0.3 is 15.2 Å². The molecule has 10 heteroatoms. The maximum atomic E-state index is 12.2. The number of hydrogen-bond donors (Lipinski definition) is 3. The average Bonchev–Trinajstić information content (AvgIpc) is 2.54. The summed E-state index contributed by atoms with van der Waals surface area (Å²) in [7, 11) is 0. The van der Waals surface area contributed by atoms with Gasteiger partial charge in [-0.1, -0.05) is 46.4 Å². The third-order valence-electron chi connectivity index (χ3n) is 3.08. The summed E-state index contributed by atoms with van der Waals surface area (Å²) >= 11 is 28.5. The number of phenols is 1. The van der Waals surface area contributed by atoms with E-state index in [9.17, 15) is 9.90 Å². The van der Waals surface area contributed by atoms with Crippen LogP contribution in [-0.4, -0.2) is 22.2 Å². The molecule has 0 fully saturated rings. The maximum absolute atomic E-state index is 12.2. The molecule has 3 N–H and O–H groups in total. The molecule has 1 amide bonds. The van der Waals surface area contributed by atoms with E-state index in [0.29, 0.717) is 16.5 Å². The van der Waals surface area contributed by atoms with Crippen molar-refractivity contribution >= 4 is 75.3 Å². The third-order valence-corrected chi connectivity index (χ3v) is 4.39. The van der Waals surface area contributed by atoms with Crippen molar-refractivity contribution in [2.24, 2.45) is 0 Å². The van der Waals surface area contributed by atoms with Crippen LogP contribution < -0.4 is 15.4 Å². The smallest absolute Gasteiger partial charge is 0.266 e. The number of carbonyl (C=O) groups is 1. The number of halogens is 4. The van der Waals surface area contributed by atoms with Gasteiger partial charge >= 0.3 is 0 Å². The van der Waals surface area contributed by atoms with Gasteiger partial charge in [-0.15, -0.1) is 0 Å². The van der Waals surface area contributed by atoms with E-state index in [1.54, 1.807) is 12.1 Å². The predicted octanol–water partition coefficient (Wildman–Crippen LogP) is 5.29. The van der Waals surface area contributed by atoms with Crippen molar-refractivity contribution in [3.8, 4) is 11.5 Å². The van der Waals surface area contributed by atoms with Gasteiger partial charge in [0.15, 0.2) is 17.0 Å². The Hall–Kier alpha value is -1.44. The van der Waals surface area contributed by atoms with Crippen molar-refractivity contribution in [3.63, 3.8) is 0 Å². The lowest BCUT2D eigenvalue weighted by molar-refractivity contribution is -0.125. The van der Waals surface area contributed by atoms with Crippen LogP contribution in [-0.2, 0) is 4.79 Å². The van der Waals surface area contributed by atoms with Gasteiger partial charge in [-0.3, -0.25) is 10.1 Å². The number of aromatic hydroxyl groups is 1. The summed E-state index contributed by atoms with van der Waals surface area (Å²) < 4.78 is 5.50. The summed E-state index contributed by atoms with van der Waals surface area (Å²) in [6, 6.07) is 7.49. The fourth-order valence-electron chi connectivity index (χ4n) is 1.83. The standard InChI is InChI=1S/C16H12Cl4N2O3S/c1-7(25-13-3-2-8(17)4-10(13)18)15(24)22-16(26)21-9-5-11(19)14(23)12(20)6-9/h2-7,23H,1H3,(H2,21,22,24,26). The molecular weight excluding hydrogens is 442 g/mol. The van der Waals surface area contributed by atoms with Crippen LogP contribution in [0.15, 0.2) is 30.3 Å².